The topological polar surface area (TPSA) is 111 Å². The first kappa shape index (κ1) is 26.7. The Morgan fingerprint density at radius 1 is 1.05 bits per heavy atom. The second kappa shape index (κ2) is 11.8. The van der Waals surface area contributed by atoms with E-state index in [1.165, 1.54) is 17.4 Å². The number of anilines is 1. The van der Waals surface area contributed by atoms with Gasteiger partial charge in [0.25, 0.3) is 0 Å². The largest absolute Gasteiger partial charge is 0.492 e. The van der Waals surface area contributed by atoms with Gasteiger partial charge in [0.05, 0.1) is 7.11 Å². The Bertz CT molecular complexity index is 1130. The summed E-state index contributed by atoms with van der Waals surface area (Å²) < 4.78 is 12.2. The van der Waals surface area contributed by atoms with Crippen LogP contribution in [0, 0.1) is 10.8 Å². The number of benzene rings is 1. The summed E-state index contributed by atoms with van der Waals surface area (Å²) in [7, 11) is 1.41. The number of hydrogen-bond donors (Lipinski definition) is 2. The molecule has 2 N–H and O–H groups in total. The lowest BCUT2D eigenvalue weighted by molar-refractivity contribution is -0.133. The average Bonchev–Trinajstić information content (AvgIpc) is 2.90. The molecule has 2 fully saturated rings. The number of carbonyl (C=O) groups excluding carboxylic acids is 1. The van der Waals surface area contributed by atoms with E-state index in [4.69, 9.17) is 20.3 Å². The summed E-state index contributed by atoms with van der Waals surface area (Å²) in [5, 5.41) is 20.2. The molecule has 10 heteroatoms. The van der Waals surface area contributed by atoms with Gasteiger partial charge in [-0.25, -0.2) is 5.41 Å². The molecule has 4 rings (SSSR count). The molecule has 2 aliphatic rings. The second-order valence-corrected chi connectivity index (χ2v) is 10.0. The maximum absolute atomic E-state index is 11.7. The van der Waals surface area contributed by atoms with E-state index in [9.17, 15) is 4.79 Å². The first-order chi connectivity index (χ1) is 17.8. The van der Waals surface area contributed by atoms with E-state index in [2.05, 4.69) is 53.0 Å². The first-order valence-electron chi connectivity index (χ1n) is 13.0. The van der Waals surface area contributed by atoms with Crippen molar-refractivity contribution in [1.29, 1.82) is 10.8 Å². The van der Waals surface area contributed by atoms with Gasteiger partial charge in [-0.15, -0.1) is 5.10 Å². The van der Waals surface area contributed by atoms with Crippen LogP contribution in [0.1, 0.15) is 45.1 Å². The molecular weight excluding hydrogens is 470 g/mol. The highest BCUT2D eigenvalue weighted by atomic mass is 16.5. The van der Waals surface area contributed by atoms with Gasteiger partial charge in [-0.05, 0) is 62.4 Å². The standard InChI is InChI=1S/C27H39N7O3/c1-19-17-32(21(3)35)18-20(2)33(19)15-16-37-24-7-5-22(6-8-24)23-11-13-31(14-12-23)26-10-9-25(28)34(30-26)27(29)36-4/h5-10,19-20,23,28-29H,11-18H2,1-4H3/t19-,20+. The van der Waals surface area contributed by atoms with Gasteiger partial charge in [-0.1, -0.05) is 12.1 Å². The van der Waals surface area contributed by atoms with Crippen LogP contribution in [0.5, 0.6) is 5.75 Å². The fourth-order valence-corrected chi connectivity index (χ4v) is 5.43. The summed E-state index contributed by atoms with van der Waals surface area (Å²) in [6.45, 7) is 10.7. The van der Waals surface area contributed by atoms with Crippen LogP contribution >= 0.6 is 0 Å². The Hall–Kier alpha value is -3.40. The highest BCUT2D eigenvalue weighted by molar-refractivity contribution is 5.73. The van der Waals surface area contributed by atoms with Crippen molar-refractivity contribution >= 4 is 17.7 Å². The van der Waals surface area contributed by atoms with Gasteiger partial charge in [0, 0.05) is 51.7 Å². The van der Waals surface area contributed by atoms with E-state index in [1.807, 2.05) is 11.0 Å². The highest BCUT2D eigenvalue weighted by Crippen LogP contribution is 2.30. The van der Waals surface area contributed by atoms with E-state index in [0.29, 0.717) is 24.6 Å². The van der Waals surface area contributed by atoms with Crippen molar-refractivity contribution in [2.24, 2.45) is 0 Å². The van der Waals surface area contributed by atoms with E-state index >= 15 is 0 Å². The molecule has 2 atom stereocenters. The quantitative estimate of drug-likeness (QED) is 0.457. The number of amides is 1. The zero-order valence-electron chi connectivity index (χ0n) is 22.3. The summed E-state index contributed by atoms with van der Waals surface area (Å²) in [5.74, 6) is 2.26. The third kappa shape index (κ3) is 6.30. The van der Waals surface area contributed by atoms with Crippen molar-refractivity contribution in [3.8, 4) is 5.75 Å². The van der Waals surface area contributed by atoms with Gasteiger partial charge < -0.3 is 19.3 Å². The summed E-state index contributed by atoms with van der Waals surface area (Å²) in [5.41, 5.74) is 1.44. The molecule has 0 unspecified atom stereocenters. The number of ether oxygens (including phenoxy) is 2. The zero-order valence-corrected chi connectivity index (χ0v) is 22.3. The molecule has 2 saturated heterocycles. The number of nitrogens with one attached hydrogen (secondary N) is 2. The molecule has 0 bridgehead atoms. The van der Waals surface area contributed by atoms with E-state index in [1.54, 1.807) is 13.0 Å². The number of rotatable bonds is 6. The normalized spacial score (nSPS) is 21.1. The lowest BCUT2D eigenvalue weighted by atomic mass is 9.89. The van der Waals surface area contributed by atoms with Crippen LogP contribution in [-0.4, -0.2) is 90.0 Å². The summed E-state index contributed by atoms with van der Waals surface area (Å²) in [6.07, 6.45) is 2.02. The number of methoxy groups -OCH3 is 1. The molecule has 2 aliphatic heterocycles. The van der Waals surface area contributed by atoms with Gasteiger partial charge in [0.15, 0.2) is 5.49 Å². The smallest absolute Gasteiger partial charge is 0.311 e. The van der Waals surface area contributed by atoms with E-state index in [-0.39, 0.29) is 17.4 Å². The van der Waals surface area contributed by atoms with Crippen molar-refractivity contribution in [3.63, 3.8) is 0 Å². The Labute approximate surface area is 218 Å². The summed E-state index contributed by atoms with van der Waals surface area (Å²) in [6, 6.07) is 12.4. The predicted octanol–water partition coefficient (Wildman–Crippen LogP) is 2.50. The molecule has 0 aliphatic carbocycles. The molecule has 1 aromatic carbocycles. The Kier molecular flexibility index (Phi) is 8.48. The van der Waals surface area contributed by atoms with Crippen molar-refractivity contribution in [1.82, 2.24) is 19.6 Å². The van der Waals surface area contributed by atoms with Crippen molar-refractivity contribution in [3.05, 3.63) is 47.4 Å². The minimum Gasteiger partial charge on any atom is -0.492 e. The van der Waals surface area contributed by atoms with Gasteiger partial charge in [0.2, 0.25) is 5.91 Å². The maximum Gasteiger partial charge on any atom is 0.311 e. The third-order valence-corrected chi connectivity index (χ3v) is 7.54. The van der Waals surface area contributed by atoms with Crippen LogP contribution in [0.15, 0.2) is 36.4 Å². The van der Waals surface area contributed by atoms with Crippen LogP contribution in [-0.2, 0) is 9.53 Å². The number of nitrogens with zero attached hydrogens (tertiary/aromatic N) is 5. The van der Waals surface area contributed by atoms with Crippen molar-refractivity contribution in [2.45, 2.75) is 51.6 Å². The monoisotopic (exact) mass is 509 g/mol. The molecule has 2 aromatic rings. The third-order valence-electron chi connectivity index (χ3n) is 7.54. The van der Waals surface area contributed by atoms with Gasteiger partial charge in [-0.3, -0.25) is 15.1 Å². The van der Waals surface area contributed by atoms with Crippen LogP contribution < -0.4 is 15.1 Å². The maximum atomic E-state index is 11.7. The number of hydrogen-bond acceptors (Lipinski definition) is 8. The fraction of sp³-hybridized carbons (Fsp3) is 0.556. The number of carbonyl (C=O) groups is 1. The van der Waals surface area contributed by atoms with Gasteiger partial charge >= 0.3 is 6.02 Å². The summed E-state index contributed by atoms with van der Waals surface area (Å²) >= 11 is 0. The summed E-state index contributed by atoms with van der Waals surface area (Å²) in [4.78, 5) is 18.3. The lowest BCUT2D eigenvalue weighted by Crippen LogP contribution is -2.58. The molecule has 1 amide bonds. The van der Waals surface area contributed by atoms with Crippen molar-refractivity contribution in [2.75, 3.05) is 51.3 Å². The molecule has 10 nitrogen and oxygen atoms in total. The van der Waals surface area contributed by atoms with Crippen molar-refractivity contribution < 1.29 is 14.3 Å². The van der Waals surface area contributed by atoms with Crippen LogP contribution in [0.25, 0.3) is 0 Å². The molecule has 3 heterocycles. The molecule has 37 heavy (non-hydrogen) atoms. The van der Waals surface area contributed by atoms with Crippen LogP contribution in [0.3, 0.4) is 0 Å². The molecule has 1 aromatic heterocycles. The van der Waals surface area contributed by atoms with Crippen LogP contribution in [0.2, 0.25) is 0 Å². The first-order valence-corrected chi connectivity index (χ1v) is 13.0. The average molecular weight is 510 g/mol. The minimum atomic E-state index is -0.163. The predicted molar refractivity (Wildman–Crippen MR) is 142 cm³/mol. The number of aromatic nitrogens is 2. The lowest BCUT2D eigenvalue weighted by Gasteiger charge is -2.44. The Balaban J connectivity index is 1.26. The Morgan fingerprint density at radius 3 is 2.30 bits per heavy atom. The van der Waals surface area contributed by atoms with Gasteiger partial charge in [-0.2, -0.15) is 4.68 Å². The highest BCUT2D eigenvalue weighted by Gasteiger charge is 2.30. The Morgan fingerprint density at radius 2 is 1.70 bits per heavy atom. The number of piperazine rings is 1. The molecule has 0 radical (unpaired) electrons. The molecule has 0 spiro atoms. The minimum absolute atomic E-state index is 0.118. The fourth-order valence-electron chi connectivity index (χ4n) is 5.43. The number of piperidine rings is 1. The van der Waals surface area contributed by atoms with E-state index in [0.717, 1.165) is 57.1 Å². The second-order valence-electron chi connectivity index (χ2n) is 10.0. The van der Waals surface area contributed by atoms with E-state index < -0.39 is 0 Å². The SMILES string of the molecule is COC(=N)n1nc(N2CCC(c3ccc(OCCN4[C@H](C)CN(C(C)=O)C[C@@H]4C)cc3)CC2)ccc1=N. The van der Waals surface area contributed by atoms with Crippen LogP contribution in [0.4, 0.5) is 5.82 Å². The zero-order chi connectivity index (χ0) is 26.5. The molecule has 200 valence electrons. The van der Waals surface area contributed by atoms with Gasteiger partial charge in [0.1, 0.15) is 18.2 Å². The molecule has 0 saturated carbocycles. The molecular formula is C27H39N7O3.